The molecular weight excluding hydrogens is 486 g/mol. The molecule has 1 amide bonds. The molecule has 2 heterocycles. The molecule has 198 valence electrons. The van der Waals surface area contributed by atoms with Crippen molar-refractivity contribution in [2.45, 2.75) is 57.1 Å². The molecule has 1 atom stereocenters. The van der Waals surface area contributed by atoms with E-state index >= 15 is 0 Å². The standard InChI is InChI=1S/C31H32F2N2O3/c1-2-3-8-21-13-14-26-23(19-21)31(15-17-34-18-16-31)28(30(37)38-20-22-9-5-4-6-10-22)35(26)29(36)27-24(32)11-7-12-25(27)33/h4-7,9-14,19,28,34H,2-3,8,15-18,20H2,1H3. The zero-order valence-electron chi connectivity index (χ0n) is 21.5. The van der Waals surface area contributed by atoms with Crippen molar-refractivity contribution in [2.24, 2.45) is 0 Å². The maximum absolute atomic E-state index is 14.9. The van der Waals surface area contributed by atoms with E-state index in [1.165, 1.54) is 11.0 Å². The molecule has 1 N–H and O–H groups in total. The van der Waals surface area contributed by atoms with Crippen molar-refractivity contribution in [3.05, 3.63) is 101 Å². The Morgan fingerprint density at radius 1 is 0.974 bits per heavy atom. The summed E-state index contributed by atoms with van der Waals surface area (Å²) in [5, 5.41) is 3.35. The molecule has 3 aromatic carbocycles. The van der Waals surface area contributed by atoms with Crippen molar-refractivity contribution < 1.29 is 23.1 Å². The van der Waals surface area contributed by atoms with Crippen LogP contribution in [0.25, 0.3) is 0 Å². The highest BCUT2D eigenvalue weighted by atomic mass is 19.1. The first-order valence-electron chi connectivity index (χ1n) is 13.3. The van der Waals surface area contributed by atoms with Gasteiger partial charge in [0.2, 0.25) is 0 Å². The van der Waals surface area contributed by atoms with Gasteiger partial charge in [-0.05, 0) is 73.7 Å². The lowest BCUT2D eigenvalue weighted by molar-refractivity contribution is -0.148. The van der Waals surface area contributed by atoms with E-state index in [1.54, 1.807) is 0 Å². The number of nitrogens with zero attached hydrogens (tertiary/aromatic N) is 1. The lowest BCUT2D eigenvalue weighted by Gasteiger charge is -2.40. The van der Waals surface area contributed by atoms with E-state index in [1.807, 2.05) is 42.5 Å². The fourth-order valence-corrected chi connectivity index (χ4v) is 5.87. The van der Waals surface area contributed by atoms with Crippen LogP contribution in [-0.4, -0.2) is 31.0 Å². The Morgan fingerprint density at radius 3 is 2.37 bits per heavy atom. The number of rotatable bonds is 7. The molecule has 1 unspecified atom stereocenters. The third-order valence-electron chi connectivity index (χ3n) is 7.80. The highest BCUT2D eigenvalue weighted by Crippen LogP contribution is 2.52. The van der Waals surface area contributed by atoms with Gasteiger partial charge in [0.1, 0.15) is 29.8 Å². The summed E-state index contributed by atoms with van der Waals surface area (Å²) in [4.78, 5) is 29.1. The third kappa shape index (κ3) is 4.71. The number of hydrogen-bond acceptors (Lipinski definition) is 4. The van der Waals surface area contributed by atoms with Gasteiger partial charge in [0, 0.05) is 11.1 Å². The number of amides is 1. The number of esters is 1. The number of hydrogen-bond donors (Lipinski definition) is 1. The molecule has 0 saturated carbocycles. The average molecular weight is 519 g/mol. The lowest BCUT2D eigenvalue weighted by Crippen LogP contribution is -2.56. The maximum Gasteiger partial charge on any atom is 0.330 e. The minimum absolute atomic E-state index is 0.0404. The Hall–Kier alpha value is -3.58. The molecule has 1 spiro atoms. The van der Waals surface area contributed by atoms with Gasteiger partial charge in [0.05, 0.1) is 0 Å². The summed E-state index contributed by atoms with van der Waals surface area (Å²) >= 11 is 0. The quantitative estimate of drug-likeness (QED) is 0.408. The number of aryl methyl sites for hydroxylation is 1. The Labute approximate surface area is 221 Å². The Kier molecular flexibility index (Phi) is 7.56. The van der Waals surface area contributed by atoms with Crippen LogP contribution >= 0.6 is 0 Å². The Morgan fingerprint density at radius 2 is 1.68 bits per heavy atom. The van der Waals surface area contributed by atoms with Gasteiger partial charge >= 0.3 is 5.97 Å². The molecule has 0 radical (unpaired) electrons. The van der Waals surface area contributed by atoms with Gasteiger partial charge in [-0.3, -0.25) is 9.69 Å². The predicted octanol–water partition coefficient (Wildman–Crippen LogP) is 5.70. The molecule has 0 aliphatic carbocycles. The van der Waals surface area contributed by atoms with Crippen LogP contribution in [0.2, 0.25) is 0 Å². The topological polar surface area (TPSA) is 58.6 Å². The van der Waals surface area contributed by atoms with Crippen molar-refractivity contribution in [2.75, 3.05) is 18.0 Å². The van der Waals surface area contributed by atoms with E-state index in [2.05, 4.69) is 18.3 Å². The summed E-state index contributed by atoms with van der Waals surface area (Å²) < 4.78 is 35.5. The van der Waals surface area contributed by atoms with Crippen LogP contribution in [0.15, 0.2) is 66.7 Å². The second-order valence-electron chi connectivity index (χ2n) is 10.1. The van der Waals surface area contributed by atoms with Crippen LogP contribution < -0.4 is 10.2 Å². The summed E-state index contributed by atoms with van der Waals surface area (Å²) in [5.41, 5.74) is 1.93. The molecule has 1 fully saturated rings. The monoisotopic (exact) mass is 518 g/mol. The van der Waals surface area contributed by atoms with Crippen LogP contribution in [-0.2, 0) is 28.0 Å². The SMILES string of the molecule is CCCCc1ccc2c(c1)C1(CCNCC1)C(C(=O)OCc1ccccc1)N2C(=O)c1c(F)cccc1F. The van der Waals surface area contributed by atoms with Crippen LogP contribution in [0.3, 0.4) is 0 Å². The number of ether oxygens (including phenoxy) is 1. The Bertz CT molecular complexity index is 1300. The van der Waals surface area contributed by atoms with E-state index in [4.69, 9.17) is 4.74 Å². The van der Waals surface area contributed by atoms with Crippen LogP contribution in [0.5, 0.6) is 0 Å². The minimum Gasteiger partial charge on any atom is -0.459 e. The van der Waals surface area contributed by atoms with E-state index in [9.17, 15) is 18.4 Å². The van der Waals surface area contributed by atoms with Gasteiger partial charge in [0.15, 0.2) is 0 Å². The molecular formula is C31H32F2N2O3. The van der Waals surface area contributed by atoms with E-state index in [0.29, 0.717) is 31.6 Å². The highest BCUT2D eigenvalue weighted by molar-refractivity contribution is 6.12. The smallest absolute Gasteiger partial charge is 0.330 e. The first-order valence-corrected chi connectivity index (χ1v) is 13.3. The minimum atomic E-state index is -1.05. The zero-order chi connectivity index (χ0) is 26.7. The number of nitrogens with one attached hydrogen (secondary N) is 1. The summed E-state index contributed by atoms with van der Waals surface area (Å²) in [5.74, 6) is -3.37. The summed E-state index contributed by atoms with van der Waals surface area (Å²) in [6.07, 6.45) is 4.10. The normalized spacial score (nSPS) is 17.9. The van der Waals surface area contributed by atoms with Gasteiger partial charge < -0.3 is 10.1 Å². The summed E-state index contributed by atoms with van der Waals surface area (Å²) in [6.45, 7) is 3.47. The average Bonchev–Trinajstić information content (AvgIpc) is 3.20. The Balaban J connectivity index is 1.62. The molecule has 5 rings (SSSR count). The number of piperidine rings is 1. The molecule has 1 saturated heterocycles. The largest absolute Gasteiger partial charge is 0.459 e. The highest BCUT2D eigenvalue weighted by Gasteiger charge is 2.57. The molecule has 2 aliphatic heterocycles. The summed E-state index contributed by atoms with van der Waals surface area (Å²) in [6, 6.07) is 17.5. The van der Waals surface area contributed by atoms with Gasteiger partial charge in [0.25, 0.3) is 5.91 Å². The molecule has 3 aromatic rings. The van der Waals surface area contributed by atoms with Crippen molar-refractivity contribution in [3.8, 4) is 0 Å². The van der Waals surface area contributed by atoms with Gasteiger partial charge in [-0.2, -0.15) is 0 Å². The lowest BCUT2D eigenvalue weighted by atomic mass is 9.69. The number of carbonyl (C=O) groups is 2. The number of benzene rings is 3. The number of carbonyl (C=O) groups excluding carboxylic acids is 2. The van der Waals surface area contributed by atoms with E-state index in [-0.39, 0.29) is 6.61 Å². The first-order chi connectivity index (χ1) is 18.5. The molecule has 0 aromatic heterocycles. The molecule has 38 heavy (non-hydrogen) atoms. The number of unbranched alkanes of at least 4 members (excludes halogenated alkanes) is 1. The zero-order valence-corrected chi connectivity index (χ0v) is 21.5. The fourth-order valence-electron chi connectivity index (χ4n) is 5.87. The van der Waals surface area contributed by atoms with Crippen molar-refractivity contribution in [1.82, 2.24) is 5.32 Å². The van der Waals surface area contributed by atoms with E-state index < -0.39 is 40.5 Å². The molecule has 0 bridgehead atoms. The van der Waals surface area contributed by atoms with Crippen molar-refractivity contribution >= 4 is 17.6 Å². The number of anilines is 1. The molecule has 7 heteroatoms. The van der Waals surface area contributed by atoms with Gasteiger partial charge in [-0.15, -0.1) is 0 Å². The van der Waals surface area contributed by atoms with Crippen LogP contribution in [0.1, 0.15) is 59.7 Å². The van der Waals surface area contributed by atoms with Gasteiger partial charge in [-0.25, -0.2) is 13.6 Å². The first kappa shape index (κ1) is 26.0. The second kappa shape index (κ2) is 11.0. The third-order valence-corrected chi connectivity index (χ3v) is 7.80. The second-order valence-corrected chi connectivity index (χ2v) is 10.1. The maximum atomic E-state index is 14.9. The van der Waals surface area contributed by atoms with Gasteiger partial charge in [-0.1, -0.05) is 61.9 Å². The van der Waals surface area contributed by atoms with Crippen LogP contribution in [0, 0.1) is 11.6 Å². The number of fused-ring (bicyclic) bond motifs is 2. The van der Waals surface area contributed by atoms with E-state index in [0.717, 1.165) is 48.1 Å². The predicted molar refractivity (Wildman–Crippen MR) is 142 cm³/mol. The van der Waals surface area contributed by atoms with Crippen LogP contribution in [0.4, 0.5) is 14.5 Å². The van der Waals surface area contributed by atoms with Crippen molar-refractivity contribution in [1.29, 1.82) is 0 Å². The van der Waals surface area contributed by atoms with Crippen molar-refractivity contribution in [3.63, 3.8) is 0 Å². The molecule has 2 aliphatic rings. The fraction of sp³-hybridized carbons (Fsp3) is 0.355. The summed E-state index contributed by atoms with van der Waals surface area (Å²) in [7, 11) is 0. The molecule has 5 nitrogen and oxygen atoms in total. The number of halogens is 2.